The number of benzodiazepines with no additional fused rings is 1. The smallest absolute Gasteiger partial charge is 0.302 e. The fraction of sp³-hybridized carbons (Fsp3) is 0.263. The van der Waals surface area contributed by atoms with Gasteiger partial charge in [0.2, 0.25) is 0 Å². The van der Waals surface area contributed by atoms with Crippen LogP contribution >= 0.6 is 0 Å². The van der Waals surface area contributed by atoms with Gasteiger partial charge in [0.15, 0.2) is 0 Å². The number of anilines is 1. The third kappa shape index (κ3) is 3.63. The Balaban J connectivity index is 1.96. The maximum absolute atomic E-state index is 11.0. The van der Waals surface area contributed by atoms with Crippen LogP contribution in [0.15, 0.2) is 59.6 Å². The quantitative estimate of drug-likeness (QED) is 0.876. The summed E-state index contributed by atoms with van der Waals surface area (Å²) in [5, 5.41) is 0. The molecule has 2 aromatic carbocycles. The molecule has 1 aliphatic rings. The van der Waals surface area contributed by atoms with Gasteiger partial charge in [-0.15, -0.1) is 0 Å². The van der Waals surface area contributed by atoms with E-state index < -0.39 is 0 Å². The Hall–Kier alpha value is -2.66. The van der Waals surface area contributed by atoms with E-state index in [0.717, 1.165) is 22.5 Å². The van der Waals surface area contributed by atoms with Crippen molar-refractivity contribution in [1.29, 1.82) is 0 Å². The predicted octanol–water partition coefficient (Wildman–Crippen LogP) is 2.19. The molecule has 0 fully saturated rings. The lowest BCUT2D eigenvalue weighted by Gasteiger charge is -2.25. The van der Waals surface area contributed by atoms with Crippen LogP contribution in [0.1, 0.15) is 18.1 Å². The Bertz CT molecular complexity index is 743. The standard InChI is InChI=1S/C19H21N3O2/c1-14(23)24-12-11-22-13-18(20)21-19(15-7-3-2-4-8-15)16-9-5-6-10-17(16)22/h2-10,18H,11-13,20H2,1H3/t18-/m0/s1. The highest BCUT2D eigenvalue weighted by atomic mass is 16.5. The van der Waals surface area contributed by atoms with Crippen molar-refractivity contribution >= 4 is 17.4 Å². The highest BCUT2D eigenvalue weighted by molar-refractivity contribution is 6.16. The minimum absolute atomic E-state index is 0.274. The molecular formula is C19H21N3O2. The Kier molecular flexibility index (Phi) is 4.91. The molecule has 0 spiro atoms. The molecule has 0 amide bonds. The van der Waals surface area contributed by atoms with E-state index in [1.54, 1.807) is 0 Å². The Labute approximate surface area is 141 Å². The highest BCUT2D eigenvalue weighted by Gasteiger charge is 2.22. The molecule has 5 heteroatoms. The lowest BCUT2D eigenvalue weighted by molar-refractivity contribution is -0.140. The third-order valence-corrected chi connectivity index (χ3v) is 3.92. The SMILES string of the molecule is CC(=O)OCCN1C[C@@H](N)N=C(c2ccccc2)c2ccccc21. The van der Waals surface area contributed by atoms with Gasteiger partial charge in [-0.1, -0.05) is 48.5 Å². The second-order valence-electron chi connectivity index (χ2n) is 5.71. The van der Waals surface area contributed by atoms with Crippen molar-refractivity contribution in [3.05, 3.63) is 65.7 Å². The molecule has 0 bridgehead atoms. The lowest BCUT2D eigenvalue weighted by Crippen LogP contribution is -2.37. The first-order chi connectivity index (χ1) is 11.6. The molecule has 0 saturated heterocycles. The average Bonchev–Trinajstić information content (AvgIpc) is 2.73. The summed E-state index contributed by atoms with van der Waals surface area (Å²) in [4.78, 5) is 17.9. The van der Waals surface area contributed by atoms with Crippen LogP contribution in [0.4, 0.5) is 5.69 Å². The van der Waals surface area contributed by atoms with E-state index in [0.29, 0.717) is 19.7 Å². The summed E-state index contributed by atoms with van der Waals surface area (Å²) < 4.78 is 5.09. The summed E-state index contributed by atoms with van der Waals surface area (Å²) in [7, 11) is 0. The molecule has 124 valence electrons. The molecule has 24 heavy (non-hydrogen) atoms. The number of nitrogens with two attached hydrogens (primary N) is 1. The van der Waals surface area contributed by atoms with Crippen molar-refractivity contribution < 1.29 is 9.53 Å². The third-order valence-electron chi connectivity index (χ3n) is 3.92. The van der Waals surface area contributed by atoms with Gasteiger partial charge in [-0.2, -0.15) is 0 Å². The zero-order valence-electron chi connectivity index (χ0n) is 13.7. The van der Waals surface area contributed by atoms with Crippen molar-refractivity contribution in [1.82, 2.24) is 0 Å². The molecule has 1 atom stereocenters. The number of aliphatic imine (C=N–C) groups is 1. The summed E-state index contributed by atoms with van der Waals surface area (Å²) in [6, 6.07) is 18.2. The number of hydrogen-bond donors (Lipinski definition) is 1. The van der Waals surface area contributed by atoms with E-state index in [4.69, 9.17) is 15.5 Å². The minimum Gasteiger partial charge on any atom is -0.464 e. The molecule has 5 nitrogen and oxygen atoms in total. The number of benzene rings is 2. The Morgan fingerprint density at radius 1 is 1.21 bits per heavy atom. The van der Waals surface area contributed by atoms with Gasteiger partial charge < -0.3 is 15.4 Å². The number of esters is 1. The molecule has 2 aromatic rings. The van der Waals surface area contributed by atoms with Crippen LogP contribution in [0.5, 0.6) is 0 Å². The molecule has 1 aliphatic heterocycles. The average molecular weight is 323 g/mol. The summed E-state index contributed by atoms with van der Waals surface area (Å²) >= 11 is 0. The zero-order chi connectivity index (χ0) is 16.9. The first-order valence-corrected chi connectivity index (χ1v) is 8.01. The number of rotatable bonds is 4. The van der Waals surface area contributed by atoms with Crippen molar-refractivity contribution in [3.63, 3.8) is 0 Å². The van der Waals surface area contributed by atoms with Crippen molar-refractivity contribution in [2.75, 3.05) is 24.6 Å². The second-order valence-corrected chi connectivity index (χ2v) is 5.71. The Morgan fingerprint density at radius 2 is 1.92 bits per heavy atom. The molecular weight excluding hydrogens is 302 g/mol. The normalized spacial score (nSPS) is 16.8. The number of carbonyl (C=O) groups is 1. The molecule has 0 radical (unpaired) electrons. The lowest BCUT2D eigenvalue weighted by atomic mass is 10.0. The van der Waals surface area contributed by atoms with E-state index >= 15 is 0 Å². The predicted molar refractivity (Wildman–Crippen MR) is 95.3 cm³/mol. The van der Waals surface area contributed by atoms with Crippen molar-refractivity contribution in [2.45, 2.75) is 13.1 Å². The minimum atomic E-state index is -0.343. The van der Waals surface area contributed by atoms with Crippen LogP contribution in [0.25, 0.3) is 0 Å². The molecule has 0 unspecified atom stereocenters. The topological polar surface area (TPSA) is 67.9 Å². The number of carbonyl (C=O) groups excluding carboxylic acids is 1. The molecule has 3 rings (SSSR count). The van der Waals surface area contributed by atoms with Crippen molar-refractivity contribution in [2.24, 2.45) is 10.7 Å². The number of fused-ring (bicyclic) bond motifs is 1. The van der Waals surface area contributed by atoms with Gasteiger partial charge in [0.1, 0.15) is 12.8 Å². The van der Waals surface area contributed by atoms with E-state index in [2.05, 4.69) is 17.0 Å². The van der Waals surface area contributed by atoms with E-state index in [1.165, 1.54) is 6.92 Å². The fourth-order valence-electron chi connectivity index (χ4n) is 2.89. The highest BCUT2D eigenvalue weighted by Crippen LogP contribution is 2.26. The monoisotopic (exact) mass is 323 g/mol. The van der Waals surface area contributed by atoms with Crippen LogP contribution in [0, 0.1) is 0 Å². The van der Waals surface area contributed by atoms with Crippen LogP contribution < -0.4 is 10.6 Å². The number of para-hydroxylation sites is 1. The van der Waals surface area contributed by atoms with Crippen LogP contribution in [0.3, 0.4) is 0 Å². The van der Waals surface area contributed by atoms with Crippen LogP contribution in [0.2, 0.25) is 0 Å². The van der Waals surface area contributed by atoms with Gasteiger partial charge in [-0.05, 0) is 6.07 Å². The molecule has 0 aliphatic carbocycles. The summed E-state index contributed by atoms with van der Waals surface area (Å²) in [5.74, 6) is -0.274. The first-order valence-electron chi connectivity index (χ1n) is 8.01. The van der Waals surface area contributed by atoms with Crippen LogP contribution in [-0.4, -0.2) is 37.5 Å². The maximum Gasteiger partial charge on any atom is 0.302 e. The summed E-state index contributed by atoms with van der Waals surface area (Å²) in [5.41, 5.74) is 10.3. The first kappa shape index (κ1) is 16.2. The van der Waals surface area contributed by atoms with Crippen LogP contribution in [-0.2, 0) is 9.53 Å². The van der Waals surface area contributed by atoms with Gasteiger partial charge in [0, 0.05) is 23.7 Å². The van der Waals surface area contributed by atoms with Gasteiger partial charge in [0.25, 0.3) is 0 Å². The van der Waals surface area contributed by atoms with Gasteiger partial charge >= 0.3 is 5.97 Å². The largest absolute Gasteiger partial charge is 0.464 e. The Morgan fingerprint density at radius 3 is 2.67 bits per heavy atom. The van der Waals surface area contributed by atoms with E-state index in [1.807, 2.05) is 42.5 Å². The number of nitrogens with zero attached hydrogens (tertiary/aromatic N) is 2. The summed E-state index contributed by atoms with van der Waals surface area (Å²) in [6.07, 6.45) is -0.343. The zero-order valence-corrected chi connectivity index (χ0v) is 13.7. The summed E-state index contributed by atoms with van der Waals surface area (Å²) in [6.45, 7) is 2.91. The van der Waals surface area contributed by atoms with Gasteiger partial charge in [-0.3, -0.25) is 9.79 Å². The van der Waals surface area contributed by atoms with Gasteiger partial charge in [0.05, 0.1) is 18.8 Å². The van der Waals surface area contributed by atoms with Gasteiger partial charge in [-0.25, -0.2) is 0 Å². The fourth-order valence-corrected chi connectivity index (χ4v) is 2.89. The molecule has 0 aromatic heterocycles. The molecule has 1 heterocycles. The van der Waals surface area contributed by atoms with E-state index in [-0.39, 0.29) is 12.1 Å². The number of hydrogen-bond acceptors (Lipinski definition) is 5. The second kappa shape index (κ2) is 7.27. The van der Waals surface area contributed by atoms with E-state index in [9.17, 15) is 4.79 Å². The molecule has 0 saturated carbocycles. The van der Waals surface area contributed by atoms with Crippen molar-refractivity contribution in [3.8, 4) is 0 Å². The number of ether oxygens (including phenoxy) is 1. The maximum atomic E-state index is 11.0. The molecule has 2 N–H and O–H groups in total.